The number of fused-ring (bicyclic) bond motifs is 3. The van der Waals surface area contributed by atoms with Crippen LogP contribution in [0, 0.1) is 0 Å². The molecule has 0 radical (unpaired) electrons. The summed E-state index contributed by atoms with van der Waals surface area (Å²) in [5.74, 6) is 0. The van der Waals surface area contributed by atoms with Crippen LogP contribution in [0.1, 0.15) is 49.6 Å². The van der Waals surface area contributed by atoms with Crippen LogP contribution in [0.5, 0.6) is 0 Å². The highest BCUT2D eigenvalue weighted by molar-refractivity contribution is 6.27. The quantitative estimate of drug-likeness (QED) is 0.157. The molecule has 0 nitrogen and oxygen atoms in total. The lowest BCUT2D eigenvalue weighted by molar-refractivity contribution is 0.660. The number of hydrogen-bond donors (Lipinski definition) is 0. The molecule has 1 aliphatic rings. The average Bonchev–Trinajstić information content (AvgIpc) is 3.55. The third-order valence-corrected chi connectivity index (χ3v) is 12.3. The van der Waals surface area contributed by atoms with Gasteiger partial charge in [0.2, 0.25) is 0 Å². The van der Waals surface area contributed by atoms with Gasteiger partial charge < -0.3 is 0 Å². The monoisotopic (exact) mass is 764 g/mol. The lowest BCUT2D eigenvalue weighted by Crippen LogP contribution is -2.14. The first-order chi connectivity index (χ1) is 36.5. The van der Waals surface area contributed by atoms with E-state index in [0.717, 1.165) is 22.3 Å². The Bertz CT molecular complexity index is 4690. The Hall–Kier alpha value is -7.28. The Balaban J connectivity index is 1.29. The minimum absolute atomic E-state index is 0.0211. The zero-order chi connectivity index (χ0) is 54.6. The van der Waals surface area contributed by atoms with Crippen LogP contribution in [-0.4, -0.2) is 0 Å². The Morgan fingerprint density at radius 2 is 0.847 bits per heavy atom. The van der Waals surface area contributed by atoms with Crippen molar-refractivity contribution in [2.75, 3.05) is 0 Å². The van der Waals surface area contributed by atoms with Crippen molar-refractivity contribution >= 4 is 64.6 Å². The molecule has 0 spiro atoms. The van der Waals surface area contributed by atoms with Crippen molar-refractivity contribution < 1.29 is 24.7 Å². The Labute approximate surface area is 368 Å². The SMILES string of the molecule is [2H]c1c([2H])c2c([2H])c([2H])c3c([2H])c([2H])c(-c4cc(-c5ccc6c(c5)C(C)(C)c5ccccc5-6)c(-c5ccccc5)c(-c5c([2H])c([2H])c6c([2H])c([2H])c7c([2H])c([2H])c([2H])c8c([2H])c([2H])c5c6c78)c4)c4c([2H])c([2H])c(c1[2H])c2c34. The Kier molecular flexibility index (Phi) is 4.01. The summed E-state index contributed by atoms with van der Waals surface area (Å²) in [6.07, 6.45) is 0. The third-order valence-electron chi connectivity index (χ3n) is 12.3. The number of benzene rings is 12. The molecule has 0 saturated heterocycles. The zero-order valence-electron chi connectivity index (χ0n) is 49.6. The molecular weight excluding hydrogens is 709 g/mol. The second-order valence-corrected chi connectivity index (χ2v) is 15.7. The van der Waals surface area contributed by atoms with Crippen LogP contribution in [0.15, 0.2) is 194 Å². The van der Waals surface area contributed by atoms with E-state index in [1.165, 1.54) is 0 Å². The second kappa shape index (κ2) is 11.9. The number of rotatable bonds is 4. The molecule has 1 aliphatic carbocycles. The summed E-state index contributed by atoms with van der Waals surface area (Å²) in [7, 11) is 0. The van der Waals surface area contributed by atoms with Gasteiger partial charge in [0.05, 0.1) is 24.7 Å². The normalized spacial score (nSPS) is 17.7. The van der Waals surface area contributed by atoms with Crippen LogP contribution < -0.4 is 0 Å². The van der Waals surface area contributed by atoms with Crippen LogP contribution in [0.2, 0.25) is 0 Å². The number of hydrogen-bond acceptors (Lipinski definition) is 0. The van der Waals surface area contributed by atoms with Gasteiger partial charge in [0, 0.05) is 5.41 Å². The maximum absolute atomic E-state index is 10.1. The van der Waals surface area contributed by atoms with E-state index in [0.29, 0.717) is 22.3 Å². The van der Waals surface area contributed by atoms with Gasteiger partial charge in [0.25, 0.3) is 0 Å². The summed E-state index contributed by atoms with van der Waals surface area (Å²) in [5, 5.41) is -1.70. The molecule has 0 fully saturated rings. The fraction of sp³-hybridized carbons (Fsp3) is 0.0508. The van der Waals surface area contributed by atoms with Gasteiger partial charge in [-0.2, -0.15) is 0 Å². The maximum atomic E-state index is 10.1. The van der Waals surface area contributed by atoms with Crippen molar-refractivity contribution in [2.24, 2.45) is 0 Å². The first-order valence-corrected chi connectivity index (χ1v) is 19.4. The molecule has 13 rings (SSSR count). The smallest absolute Gasteiger partial charge is 0.0622 e. The van der Waals surface area contributed by atoms with Crippen molar-refractivity contribution in [3.63, 3.8) is 0 Å². The fourth-order valence-electron chi connectivity index (χ4n) is 9.54. The highest BCUT2D eigenvalue weighted by Gasteiger charge is 2.35. The summed E-state index contributed by atoms with van der Waals surface area (Å²) in [6, 6.07) is 16.8. The fourth-order valence-corrected chi connectivity index (χ4v) is 9.54. The van der Waals surface area contributed by atoms with Crippen molar-refractivity contribution in [1.82, 2.24) is 0 Å². The van der Waals surface area contributed by atoms with E-state index < -0.39 is 114 Å². The van der Waals surface area contributed by atoms with E-state index in [1.54, 1.807) is 12.1 Å². The Morgan fingerprint density at radius 1 is 0.339 bits per heavy atom. The molecular formula is C59H38. The predicted molar refractivity (Wildman–Crippen MR) is 253 cm³/mol. The zero-order valence-corrected chi connectivity index (χ0v) is 31.6. The van der Waals surface area contributed by atoms with Gasteiger partial charge in [-0.3, -0.25) is 0 Å². The average molecular weight is 765 g/mol. The van der Waals surface area contributed by atoms with Gasteiger partial charge in [-0.15, -0.1) is 0 Å². The largest absolute Gasteiger partial charge is 0.0630 e. The van der Waals surface area contributed by atoms with E-state index in [-0.39, 0.29) is 86.9 Å². The molecule has 274 valence electrons. The molecule has 0 saturated carbocycles. The van der Waals surface area contributed by atoms with Gasteiger partial charge in [0.1, 0.15) is 0 Å². The van der Waals surface area contributed by atoms with Crippen molar-refractivity contribution in [3.8, 4) is 55.6 Å². The van der Waals surface area contributed by atoms with Crippen LogP contribution in [0.3, 0.4) is 0 Å². The van der Waals surface area contributed by atoms with Gasteiger partial charge in [-0.1, -0.05) is 189 Å². The first kappa shape index (κ1) is 19.9. The van der Waals surface area contributed by atoms with Crippen molar-refractivity contribution in [1.29, 1.82) is 0 Å². The van der Waals surface area contributed by atoms with Gasteiger partial charge >= 0.3 is 0 Å². The molecule has 0 amide bonds. The summed E-state index contributed by atoms with van der Waals surface area (Å²) in [4.78, 5) is 0. The molecule has 0 bridgehead atoms. The molecule has 0 heteroatoms. The van der Waals surface area contributed by atoms with E-state index in [9.17, 15) is 13.7 Å². The van der Waals surface area contributed by atoms with E-state index in [1.807, 2.05) is 54.6 Å². The minimum Gasteiger partial charge on any atom is -0.0622 e. The predicted octanol–water partition coefficient (Wildman–Crippen LogP) is 16.5. The van der Waals surface area contributed by atoms with E-state index >= 15 is 0 Å². The molecule has 0 aliphatic heterocycles. The van der Waals surface area contributed by atoms with E-state index in [2.05, 4.69) is 32.0 Å². The molecule has 0 N–H and O–H groups in total. The van der Waals surface area contributed by atoms with Crippen LogP contribution >= 0.6 is 0 Å². The third kappa shape index (κ3) is 4.55. The topological polar surface area (TPSA) is 0 Å². The van der Waals surface area contributed by atoms with Gasteiger partial charge in [0.15, 0.2) is 0 Å². The van der Waals surface area contributed by atoms with Gasteiger partial charge in [-0.05, 0) is 150 Å². The Morgan fingerprint density at radius 3 is 1.51 bits per heavy atom. The molecule has 0 unspecified atom stereocenters. The van der Waals surface area contributed by atoms with Crippen LogP contribution in [0.4, 0.5) is 0 Å². The maximum Gasteiger partial charge on any atom is 0.0630 e. The van der Waals surface area contributed by atoms with Crippen LogP contribution in [0.25, 0.3) is 120 Å². The lowest BCUT2D eigenvalue weighted by atomic mass is 9.79. The summed E-state index contributed by atoms with van der Waals surface area (Å²) in [5.41, 5.74) is 5.78. The standard InChI is InChI=1S/C59H38/c1-59(2)52-17-7-6-16-46(52)47-29-26-42(34-53(47)59)50-32-43(44-27-22-40-20-18-36-12-8-14-38-24-30-48(44)57(40)54(36)38)33-51(56(50)35-10-4-3-5-11-35)45-28-23-41-21-19-37-13-9-15-39-25-31-49(45)58(41)55(37)39/h3-34H,1-2H3/i8D,9D,12D,13D,14D,15D,18D,19D,20D,21D,22D,23D,24D,25D,27D,28D,30D,31D. The summed E-state index contributed by atoms with van der Waals surface area (Å²) in [6.45, 7) is 4.25. The second-order valence-electron chi connectivity index (χ2n) is 15.7. The molecule has 0 aromatic heterocycles. The molecule has 0 heterocycles. The van der Waals surface area contributed by atoms with Crippen molar-refractivity contribution in [2.45, 2.75) is 19.3 Å². The minimum atomic E-state index is -0.610. The van der Waals surface area contributed by atoms with Crippen LogP contribution in [-0.2, 0) is 5.41 Å². The lowest BCUT2D eigenvalue weighted by Gasteiger charge is -2.24. The molecule has 0 atom stereocenters. The first-order valence-electron chi connectivity index (χ1n) is 28.4. The highest BCUT2D eigenvalue weighted by atomic mass is 14.4. The molecule has 12 aromatic rings. The summed E-state index contributed by atoms with van der Waals surface area (Å²) < 4.78 is 168. The van der Waals surface area contributed by atoms with Crippen molar-refractivity contribution in [3.05, 3.63) is 205 Å². The molecule has 12 aromatic carbocycles. The summed E-state index contributed by atoms with van der Waals surface area (Å²) >= 11 is 0. The highest BCUT2D eigenvalue weighted by Crippen LogP contribution is 2.52. The van der Waals surface area contributed by atoms with Gasteiger partial charge in [-0.25, -0.2) is 0 Å². The molecule has 59 heavy (non-hydrogen) atoms. The van der Waals surface area contributed by atoms with E-state index in [4.69, 9.17) is 11.0 Å².